The molecule has 0 amide bonds. The molecule has 3 rings (SSSR count). The van der Waals surface area contributed by atoms with Crippen LogP contribution < -0.4 is 0 Å². The molecule has 2 nitrogen and oxygen atoms in total. The first-order chi connectivity index (χ1) is 11.9. The first kappa shape index (κ1) is 17.5. The molecule has 0 aliphatic carbocycles. The first-order valence-corrected chi connectivity index (χ1v) is 8.87. The molecule has 0 spiro atoms. The number of hydrogen-bond donors (Lipinski definition) is 0. The number of hydrogen-bond acceptors (Lipinski definition) is 1. The summed E-state index contributed by atoms with van der Waals surface area (Å²) in [4.78, 5) is 11.8. The smallest absolute Gasteiger partial charge is 0.134 e. The van der Waals surface area contributed by atoms with Crippen molar-refractivity contribution in [2.24, 2.45) is 0 Å². The molecule has 25 heavy (non-hydrogen) atoms. The minimum atomic E-state index is 0.168. The van der Waals surface area contributed by atoms with E-state index in [1.54, 1.807) is 6.92 Å². The molecule has 1 heterocycles. The number of carbonyl (C=O) groups excluding carboxylic acids is 1. The predicted molar refractivity (Wildman–Crippen MR) is 106 cm³/mol. The molecule has 128 valence electrons. The van der Waals surface area contributed by atoms with E-state index in [1.807, 2.05) is 24.3 Å². The molecule has 2 aromatic carbocycles. The summed E-state index contributed by atoms with van der Waals surface area (Å²) in [6, 6.07) is 14.2. The Kier molecular flexibility index (Phi) is 4.82. The van der Waals surface area contributed by atoms with Gasteiger partial charge in [-0.15, -0.1) is 0 Å². The van der Waals surface area contributed by atoms with Crippen LogP contribution in [-0.2, 0) is 17.6 Å². The Bertz CT molecular complexity index is 964. The maximum atomic E-state index is 11.8. The molecule has 0 aliphatic heterocycles. The van der Waals surface area contributed by atoms with Gasteiger partial charge >= 0.3 is 0 Å². The van der Waals surface area contributed by atoms with Gasteiger partial charge < -0.3 is 4.57 Å². The molecule has 1 aromatic heterocycles. The number of rotatable bonds is 5. The second-order valence-corrected chi connectivity index (χ2v) is 6.87. The average molecular weight is 352 g/mol. The van der Waals surface area contributed by atoms with Gasteiger partial charge in [-0.05, 0) is 61.2 Å². The number of carbonyl (C=O) groups is 1. The van der Waals surface area contributed by atoms with Gasteiger partial charge in [0.15, 0.2) is 0 Å². The van der Waals surface area contributed by atoms with Crippen molar-refractivity contribution >= 4 is 34.0 Å². The molecule has 0 bridgehead atoms. The van der Waals surface area contributed by atoms with Crippen LogP contribution in [0.15, 0.2) is 49.0 Å². The van der Waals surface area contributed by atoms with E-state index in [1.165, 1.54) is 5.56 Å². The van der Waals surface area contributed by atoms with E-state index >= 15 is 0 Å². The molecule has 0 aliphatic rings. The number of ketones is 1. The van der Waals surface area contributed by atoms with Crippen LogP contribution in [0.2, 0.25) is 5.02 Å². The lowest BCUT2D eigenvalue weighted by molar-refractivity contribution is -0.116. The molecule has 0 radical (unpaired) electrons. The number of aryl methyl sites for hydroxylation is 1. The average Bonchev–Trinajstić information content (AvgIpc) is 2.86. The lowest BCUT2D eigenvalue weighted by Gasteiger charge is -2.13. The Labute approximate surface area is 153 Å². The highest BCUT2D eigenvalue weighted by molar-refractivity contribution is 6.30. The van der Waals surface area contributed by atoms with Crippen LogP contribution >= 0.6 is 11.6 Å². The SMILES string of the molecule is C=C(c1ccc(Cl)cc1)n1c(C)c(CC(C)=O)c2cc(CC)ccc21. The van der Waals surface area contributed by atoms with E-state index in [4.69, 9.17) is 11.6 Å². The van der Waals surface area contributed by atoms with Crippen LogP contribution in [-0.4, -0.2) is 10.4 Å². The summed E-state index contributed by atoms with van der Waals surface area (Å²) in [6.07, 6.45) is 1.41. The van der Waals surface area contributed by atoms with Crippen molar-refractivity contribution in [1.29, 1.82) is 0 Å². The molecule has 0 N–H and O–H groups in total. The topological polar surface area (TPSA) is 22.0 Å². The Morgan fingerprint density at radius 1 is 1.16 bits per heavy atom. The second-order valence-electron chi connectivity index (χ2n) is 6.44. The molecule has 0 atom stereocenters. The van der Waals surface area contributed by atoms with Crippen LogP contribution in [0, 0.1) is 6.92 Å². The van der Waals surface area contributed by atoms with Crippen molar-refractivity contribution in [2.75, 3.05) is 0 Å². The van der Waals surface area contributed by atoms with Crippen LogP contribution in [0.5, 0.6) is 0 Å². The molecular weight excluding hydrogens is 330 g/mol. The van der Waals surface area contributed by atoms with Crippen molar-refractivity contribution in [3.63, 3.8) is 0 Å². The van der Waals surface area contributed by atoms with Gasteiger partial charge in [0.25, 0.3) is 0 Å². The summed E-state index contributed by atoms with van der Waals surface area (Å²) in [5, 5.41) is 1.85. The zero-order chi connectivity index (χ0) is 18.1. The third kappa shape index (κ3) is 3.27. The van der Waals surface area contributed by atoms with Crippen molar-refractivity contribution in [2.45, 2.75) is 33.6 Å². The Morgan fingerprint density at radius 2 is 1.84 bits per heavy atom. The highest BCUT2D eigenvalue weighted by Crippen LogP contribution is 2.32. The van der Waals surface area contributed by atoms with Gasteiger partial charge in [0.1, 0.15) is 5.78 Å². The van der Waals surface area contributed by atoms with Gasteiger partial charge in [-0.3, -0.25) is 4.79 Å². The van der Waals surface area contributed by atoms with Gasteiger partial charge in [-0.1, -0.05) is 43.3 Å². The minimum Gasteiger partial charge on any atom is -0.314 e. The molecular formula is C22H22ClNO. The van der Waals surface area contributed by atoms with E-state index in [2.05, 4.69) is 43.2 Å². The largest absolute Gasteiger partial charge is 0.314 e. The number of aromatic nitrogens is 1. The van der Waals surface area contributed by atoms with Crippen molar-refractivity contribution in [3.8, 4) is 0 Å². The molecule has 3 aromatic rings. The minimum absolute atomic E-state index is 0.168. The lowest BCUT2D eigenvalue weighted by Crippen LogP contribution is -2.02. The molecule has 0 fully saturated rings. The van der Waals surface area contributed by atoms with E-state index in [0.29, 0.717) is 11.4 Å². The van der Waals surface area contributed by atoms with Crippen molar-refractivity contribution in [3.05, 3.63) is 76.5 Å². The molecule has 3 heteroatoms. The van der Waals surface area contributed by atoms with Crippen LogP contribution in [0.3, 0.4) is 0 Å². The fourth-order valence-corrected chi connectivity index (χ4v) is 3.47. The van der Waals surface area contributed by atoms with Crippen LogP contribution in [0.4, 0.5) is 0 Å². The fourth-order valence-electron chi connectivity index (χ4n) is 3.34. The summed E-state index contributed by atoms with van der Waals surface area (Å²) in [7, 11) is 0. The molecule has 0 saturated carbocycles. The zero-order valence-electron chi connectivity index (χ0n) is 14.9. The van der Waals surface area contributed by atoms with Crippen LogP contribution in [0.25, 0.3) is 16.6 Å². The Hall–Kier alpha value is -2.32. The quantitative estimate of drug-likeness (QED) is 0.568. The highest BCUT2D eigenvalue weighted by atomic mass is 35.5. The summed E-state index contributed by atoms with van der Waals surface area (Å²) in [5.41, 5.74) is 6.42. The Morgan fingerprint density at radius 3 is 2.44 bits per heavy atom. The Balaban J connectivity index is 2.23. The second kappa shape index (κ2) is 6.89. The van der Waals surface area contributed by atoms with Crippen molar-refractivity contribution in [1.82, 2.24) is 4.57 Å². The van der Waals surface area contributed by atoms with Crippen molar-refractivity contribution < 1.29 is 4.79 Å². The standard InChI is InChI=1S/C22H22ClNO/c1-5-17-6-11-22-21(13-17)20(12-14(2)25)16(4)24(22)15(3)18-7-9-19(23)10-8-18/h6-11,13H,3,5,12H2,1-2,4H3. The van der Waals surface area contributed by atoms with Gasteiger partial charge in [0, 0.05) is 28.2 Å². The highest BCUT2D eigenvalue weighted by Gasteiger charge is 2.18. The van der Waals surface area contributed by atoms with Gasteiger partial charge in [-0.25, -0.2) is 0 Å². The van der Waals surface area contributed by atoms with E-state index in [9.17, 15) is 4.79 Å². The summed E-state index contributed by atoms with van der Waals surface area (Å²) < 4.78 is 2.15. The maximum absolute atomic E-state index is 11.8. The number of nitrogens with zero attached hydrogens (tertiary/aromatic N) is 1. The van der Waals surface area contributed by atoms with E-state index in [0.717, 1.165) is 39.8 Å². The van der Waals surface area contributed by atoms with E-state index in [-0.39, 0.29) is 5.78 Å². The van der Waals surface area contributed by atoms with Gasteiger partial charge in [0.2, 0.25) is 0 Å². The monoisotopic (exact) mass is 351 g/mol. The summed E-state index contributed by atoms with van der Waals surface area (Å²) >= 11 is 6.01. The number of halogens is 1. The normalized spacial score (nSPS) is 11.0. The predicted octanol–water partition coefficient (Wildman–Crippen LogP) is 5.82. The van der Waals surface area contributed by atoms with E-state index < -0.39 is 0 Å². The van der Waals surface area contributed by atoms with Crippen LogP contribution in [0.1, 0.15) is 36.2 Å². The lowest BCUT2D eigenvalue weighted by atomic mass is 10.0. The summed E-state index contributed by atoms with van der Waals surface area (Å²) in [6.45, 7) is 10.1. The molecule has 0 saturated heterocycles. The first-order valence-electron chi connectivity index (χ1n) is 8.49. The summed E-state index contributed by atoms with van der Waals surface area (Å²) in [5.74, 6) is 0.168. The van der Waals surface area contributed by atoms with Gasteiger partial charge in [-0.2, -0.15) is 0 Å². The molecule has 0 unspecified atom stereocenters. The third-order valence-corrected chi connectivity index (χ3v) is 4.93. The number of fused-ring (bicyclic) bond motifs is 1. The third-order valence-electron chi connectivity index (χ3n) is 4.68. The zero-order valence-corrected chi connectivity index (χ0v) is 15.7. The van der Waals surface area contributed by atoms with Gasteiger partial charge in [0.05, 0.1) is 5.52 Å². The number of Topliss-reactive ketones (excluding diaryl/α,β-unsaturated/α-hetero) is 1. The maximum Gasteiger partial charge on any atom is 0.134 e. The number of benzene rings is 2. The fraction of sp³-hybridized carbons (Fsp3) is 0.227.